The zero-order valence-corrected chi connectivity index (χ0v) is 12.9. The molecule has 0 N–H and O–H groups in total. The maximum absolute atomic E-state index is 11.7. The molecular weight excluding hydrogens is 280 g/mol. The molecule has 0 amide bonds. The fourth-order valence-corrected chi connectivity index (χ4v) is 3.14. The molecule has 0 atom stereocenters. The van der Waals surface area contributed by atoms with Gasteiger partial charge in [-0.15, -0.1) is 11.8 Å². The molecule has 0 bridgehead atoms. The molecule has 0 saturated heterocycles. The van der Waals surface area contributed by atoms with Crippen LogP contribution in [-0.2, 0) is 5.75 Å². The molecule has 3 aromatic rings. The summed E-state index contributed by atoms with van der Waals surface area (Å²) < 4.78 is 5.29. The molecule has 0 aliphatic rings. The Kier molecular flexibility index (Phi) is 3.84. The van der Waals surface area contributed by atoms with Crippen molar-refractivity contribution in [2.45, 2.75) is 24.5 Å². The minimum absolute atomic E-state index is 0.285. The van der Waals surface area contributed by atoms with Gasteiger partial charge in [-0.05, 0) is 43.2 Å². The lowest BCUT2D eigenvalue weighted by Crippen LogP contribution is -2.00. The van der Waals surface area contributed by atoms with E-state index in [1.807, 2.05) is 25.1 Å². The first-order chi connectivity index (χ1) is 10.1. The topological polar surface area (TPSA) is 30.2 Å². The van der Waals surface area contributed by atoms with E-state index in [-0.39, 0.29) is 5.63 Å². The van der Waals surface area contributed by atoms with Crippen LogP contribution in [0.15, 0.2) is 62.6 Å². The molecule has 2 aromatic carbocycles. The number of fused-ring (bicyclic) bond motifs is 1. The first-order valence-electron chi connectivity index (χ1n) is 6.85. The number of thioether (sulfide) groups is 1. The van der Waals surface area contributed by atoms with E-state index in [1.165, 1.54) is 10.5 Å². The zero-order chi connectivity index (χ0) is 14.8. The maximum atomic E-state index is 11.7. The molecule has 106 valence electrons. The molecule has 0 aliphatic heterocycles. The molecule has 0 aliphatic carbocycles. The number of benzene rings is 2. The van der Waals surface area contributed by atoms with Crippen LogP contribution in [0.4, 0.5) is 0 Å². The van der Waals surface area contributed by atoms with Crippen molar-refractivity contribution >= 4 is 22.7 Å². The van der Waals surface area contributed by atoms with Gasteiger partial charge in [0.15, 0.2) is 0 Å². The van der Waals surface area contributed by atoms with Crippen LogP contribution in [0.25, 0.3) is 11.0 Å². The van der Waals surface area contributed by atoms with Crippen LogP contribution in [-0.4, -0.2) is 0 Å². The summed E-state index contributed by atoms with van der Waals surface area (Å²) in [4.78, 5) is 12.9. The van der Waals surface area contributed by atoms with E-state index in [9.17, 15) is 4.79 Å². The molecule has 1 aromatic heterocycles. The summed E-state index contributed by atoms with van der Waals surface area (Å²) in [5.74, 6) is 0.758. The van der Waals surface area contributed by atoms with Gasteiger partial charge in [-0.3, -0.25) is 0 Å². The summed E-state index contributed by atoms with van der Waals surface area (Å²) >= 11 is 1.73. The molecule has 3 heteroatoms. The van der Waals surface area contributed by atoms with Gasteiger partial charge in [0, 0.05) is 22.1 Å². The van der Waals surface area contributed by atoms with Crippen molar-refractivity contribution in [2.24, 2.45) is 0 Å². The first-order valence-corrected chi connectivity index (χ1v) is 7.83. The van der Waals surface area contributed by atoms with Gasteiger partial charge >= 0.3 is 5.63 Å². The molecular formula is C18H16O2S. The Bertz CT molecular complexity index is 832. The Labute approximate surface area is 127 Å². The standard InChI is InChI=1S/C18H16O2S/c1-12-3-6-15(7-4-12)21-11-14-10-18(19)20-17-9-13(2)5-8-16(14)17/h3-10H,11H2,1-2H3. The summed E-state index contributed by atoms with van der Waals surface area (Å²) in [5.41, 5.74) is 3.75. The molecule has 0 saturated carbocycles. The second kappa shape index (κ2) is 5.78. The third-order valence-electron chi connectivity index (χ3n) is 3.40. The average molecular weight is 296 g/mol. The smallest absolute Gasteiger partial charge is 0.336 e. The van der Waals surface area contributed by atoms with E-state index >= 15 is 0 Å². The van der Waals surface area contributed by atoms with E-state index in [2.05, 4.69) is 31.2 Å². The van der Waals surface area contributed by atoms with E-state index < -0.39 is 0 Å². The zero-order valence-electron chi connectivity index (χ0n) is 12.1. The van der Waals surface area contributed by atoms with Crippen molar-refractivity contribution in [2.75, 3.05) is 0 Å². The Balaban J connectivity index is 1.93. The minimum atomic E-state index is -0.285. The minimum Gasteiger partial charge on any atom is -0.423 e. The van der Waals surface area contributed by atoms with Crippen molar-refractivity contribution in [1.29, 1.82) is 0 Å². The maximum Gasteiger partial charge on any atom is 0.336 e. The van der Waals surface area contributed by atoms with Gasteiger partial charge in [0.05, 0.1) is 0 Å². The SMILES string of the molecule is Cc1ccc(SCc2cc(=O)oc3cc(C)ccc23)cc1. The lowest BCUT2D eigenvalue weighted by Gasteiger charge is -2.06. The summed E-state index contributed by atoms with van der Waals surface area (Å²) in [7, 11) is 0. The lowest BCUT2D eigenvalue weighted by atomic mass is 10.1. The second-order valence-electron chi connectivity index (χ2n) is 5.19. The predicted octanol–water partition coefficient (Wildman–Crippen LogP) is 4.70. The lowest BCUT2D eigenvalue weighted by molar-refractivity contribution is 0.559. The fourth-order valence-electron chi connectivity index (χ4n) is 2.25. The van der Waals surface area contributed by atoms with Gasteiger partial charge < -0.3 is 4.42 Å². The largest absolute Gasteiger partial charge is 0.423 e. The summed E-state index contributed by atoms with van der Waals surface area (Å²) in [6.07, 6.45) is 0. The normalized spacial score (nSPS) is 11.0. The quantitative estimate of drug-likeness (QED) is 0.518. The Morgan fingerprint density at radius 1 is 0.952 bits per heavy atom. The number of hydrogen-bond acceptors (Lipinski definition) is 3. The van der Waals surface area contributed by atoms with Crippen molar-refractivity contribution in [3.8, 4) is 0 Å². The van der Waals surface area contributed by atoms with Gasteiger partial charge in [-0.1, -0.05) is 29.8 Å². The second-order valence-corrected chi connectivity index (χ2v) is 6.24. The van der Waals surface area contributed by atoms with Gasteiger partial charge in [0.2, 0.25) is 0 Å². The van der Waals surface area contributed by atoms with E-state index in [1.54, 1.807) is 17.8 Å². The highest BCUT2D eigenvalue weighted by molar-refractivity contribution is 7.98. The van der Waals surface area contributed by atoms with Crippen LogP contribution < -0.4 is 5.63 Å². The summed E-state index contributed by atoms with van der Waals surface area (Å²) in [6, 6.07) is 16.0. The number of aryl methyl sites for hydroxylation is 2. The van der Waals surface area contributed by atoms with Gasteiger partial charge in [-0.25, -0.2) is 4.79 Å². The van der Waals surface area contributed by atoms with Crippen LogP contribution in [0, 0.1) is 13.8 Å². The highest BCUT2D eigenvalue weighted by Crippen LogP contribution is 2.27. The first kappa shape index (κ1) is 14.0. The molecule has 21 heavy (non-hydrogen) atoms. The Morgan fingerprint density at radius 3 is 2.43 bits per heavy atom. The average Bonchev–Trinajstić information content (AvgIpc) is 2.45. The van der Waals surface area contributed by atoms with Crippen LogP contribution in [0.1, 0.15) is 16.7 Å². The van der Waals surface area contributed by atoms with E-state index in [0.717, 1.165) is 22.3 Å². The van der Waals surface area contributed by atoms with Crippen molar-refractivity contribution < 1.29 is 4.42 Å². The molecule has 1 heterocycles. The van der Waals surface area contributed by atoms with Gasteiger partial charge in [-0.2, -0.15) is 0 Å². The molecule has 2 nitrogen and oxygen atoms in total. The molecule has 0 fully saturated rings. The number of rotatable bonds is 3. The van der Waals surface area contributed by atoms with Crippen LogP contribution in [0.5, 0.6) is 0 Å². The van der Waals surface area contributed by atoms with E-state index in [4.69, 9.17) is 4.42 Å². The van der Waals surface area contributed by atoms with Gasteiger partial charge in [0.1, 0.15) is 5.58 Å². The number of hydrogen-bond donors (Lipinski definition) is 0. The Hall–Kier alpha value is -2.00. The molecule has 0 radical (unpaired) electrons. The highest BCUT2D eigenvalue weighted by Gasteiger charge is 2.06. The van der Waals surface area contributed by atoms with Crippen molar-refractivity contribution in [1.82, 2.24) is 0 Å². The Morgan fingerprint density at radius 2 is 1.67 bits per heavy atom. The van der Waals surface area contributed by atoms with Crippen LogP contribution in [0.2, 0.25) is 0 Å². The predicted molar refractivity (Wildman–Crippen MR) is 88.0 cm³/mol. The van der Waals surface area contributed by atoms with Crippen molar-refractivity contribution in [3.63, 3.8) is 0 Å². The fraction of sp³-hybridized carbons (Fsp3) is 0.167. The third-order valence-corrected chi connectivity index (χ3v) is 4.46. The molecule has 3 rings (SSSR count). The van der Waals surface area contributed by atoms with Crippen LogP contribution in [0.3, 0.4) is 0 Å². The molecule has 0 spiro atoms. The monoisotopic (exact) mass is 296 g/mol. The van der Waals surface area contributed by atoms with Crippen LogP contribution >= 0.6 is 11.8 Å². The molecule has 0 unspecified atom stereocenters. The summed E-state index contributed by atoms with van der Waals surface area (Å²) in [5, 5.41) is 1.01. The third kappa shape index (κ3) is 3.19. The van der Waals surface area contributed by atoms with Crippen molar-refractivity contribution in [3.05, 3.63) is 75.6 Å². The van der Waals surface area contributed by atoms with Gasteiger partial charge in [0.25, 0.3) is 0 Å². The van der Waals surface area contributed by atoms with E-state index in [0.29, 0.717) is 5.58 Å². The summed E-state index contributed by atoms with van der Waals surface area (Å²) in [6.45, 7) is 4.07. The highest BCUT2D eigenvalue weighted by atomic mass is 32.2.